The maximum absolute atomic E-state index is 13.0. The van der Waals surface area contributed by atoms with Gasteiger partial charge in [-0.05, 0) is 30.7 Å². The average molecular weight is 425 g/mol. The summed E-state index contributed by atoms with van der Waals surface area (Å²) < 4.78 is 27.1. The molecule has 3 rings (SSSR count). The summed E-state index contributed by atoms with van der Waals surface area (Å²) in [5.41, 5.74) is 6.51. The monoisotopic (exact) mass is 425 g/mol. The Morgan fingerprint density at radius 2 is 1.90 bits per heavy atom. The molecule has 3 heterocycles. The minimum atomic E-state index is -1.88. The Morgan fingerprint density at radius 3 is 2.48 bits per heavy atom. The summed E-state index contributed by atoms with van der Waals surface area (Å²) in [7, 11) is 3.81. The topological polar surface area (TPSA) is 106 Å². The molecule has 0 fully saturated rings. The van der Waals surface area contributed by atoms with Gasteiger partial charge in [-0.15, -0.1) is 0 Å². The maximum Gasteiger partial charge on any atom is 0.349 e. The van der Waals surface area contributed by atoms with Crippen LogP contribution in [-0.4, -0.2) is 45.4 Å². The zero-order chi connectivity index (χ0) is 22.5. The van der Waals surface area contributed by atoms with E-state index in [-0.39, 0.29) is 30.2 Å². The fourth-order valence-corrected chi connectivity index (χ4v) is 2.81. The number of aryl methyl sites for hydroxylation is 1. The van der Waals surface area contributed by atoms with Gasteiger partial charge in [0.2, 0.25) is 0 Å². The zero-order valence-corrected chi connectivity index (χ0v) is 17.3. The zero-order valence-electron chi connectivity index (χ0n) is 17.3. The van der Waals surface area contributed by atoms with Crippen LogP contribution < -0.4 is 16.3 Å². The molecule has 0 unspecified atom stereocenters. The summed E-state index contributed by atoms with van der Waals surface area (Å²) in [4.78, 5) is 22.8. The Kier molecular flexibility index (Phi) is 6.57. The number of hydrogen-bond acceptors (Lipinski definition) is 6. The number of aromatic nitrogens is 5. The Bertz CT molecular complexity index is 1230. The lowest BCUT2D eigenvalue weighted by atomic mass is 10.1. The molecule has 0 saturated heterocycles. The van der Waals surface area contributed by atoms with Crippen molar-refractivity contribution in [3.63, 3.8) is 0 Å². The highest BCUT2D eigenvalue weighted by atomic mass is 19.3. The molecule has 0 amide bonds. The van der Waals surface area contributed by atoms with Crippen LogP contribution in [-0.2, 0) is 6.42 Å². The average Bonchev–Trinajstić information content (AvgIpc) is 3.10. The highest BCUT2D eigenvalue weighted by Gasteiger charge is 2.17. The van der Waals surface area contributed by atoms with Crippen LogP contribution in [0.5, 0.6) is 0 Å². The molecule has 0 spiro atoms. The van der Waals surface area contributed by atoms with Gasteiger partial charge in [0.05, 0.1) is 0 Å². The number of H-pyrrole nitrogens is 1. The van der Waals surface area contributed by atoms with Gasteiger partial charge in [-0.25, -0.2) is 24.4 Å². The molecule has 31 heavy (non-hydrogen) atoms. The van der Waals surface area contributed by atoms with E-state index in [0.29, 0.717) is 11.1 Å². The summed E-state index contributed by atoms with van der Waals surface area (Å²) in [6, 6.07) is 5.50. The first kappa shape index (κ1) is 21.9. The molecule has 0 saturated carbocycles. The molecule has 3 aromatic heterocycles. The van der Waals surface area contributed by atoms with Gasteiger partial charge >= 0.3 is 5.69 Å². The molecule has 160 valence electrons. The van der Waals surface area contributed by atoms with Crippen LogP contribution in [0.15, 0.2) is 47.0 Å². The first-order chi connectivity index (χ1) is 14.8. The molecule has 0 atom stereocenters. The van der Waals surface area contributed by atoms with E-state index in [2.05, 4.69) is 32.0 Å². The predicted molar refractivity (Wildman–Crippen MR) is 113 cm³/mol. The van der Waals surface area contributed by atoms with Crippen molar-refractivity contribution >= 4 is 5.82 Å². The van der Waals surface area contributed by atoms with Crippen molar-refractivity contribution in [1.29, 1.82) is 0 Å². The molecule has 0 aliphatic rings. The van der Waals surface area contributed by atoms with Gasteiger partial charge in [0, 0.05) is 56.2 Å². The van der Waals surface area contributed by atoms with E-state index in [4.69, 9.17) is 5.73 Å². The minimum absolute atomic E-state index is 0.0970. The number of rotatable bonds is 5. The highest BCUT2D eigenvalue weighted by Crippen LogP contribution is 2.16. The molecule has 0 aromatic carbocycles. The first-order valence-electron chi connectivity index (χ1n) is 9.32. The number of nitrogens with one attached hydrogen (secondary N) is 1. The Hall–Kier alpha value is -3.84. The Balaban J connectivity index is 1.90. The number of hydrogen-bond donors (Lipinski definition) is 2. The third kappa shape index (κ3) is 5.02. The van der Waals surface area contributed by atoms with Crippen molar-refractivity contribution < 1.29 is 8.78 Å². The van der Waals surface area contributed by atoms with E-state index < -0.39 is 11.8 Å². The smallest absolute Gasteiger partial charge is 0.349 e. The van der Waals surface area contributed by atoms with Crippen molar-refractivity contribution in [3.05, 3.63) is 75.2 Å². The third-order valence-corrected chi connectivity index (χ3v) is 4.45. The summed E-state index contributed by atoms with van der Waals surface area (Å²) in [6.45, 7) is 1.41. The van der Waals surface area contributed by atoms with E-state index in [1.54, 1.807) is 19.2 Å². The minimum Gasteiger partial charge on any atom is -0.363 e. The third-order valence-electron chi connectivity index (χ3n) is 4.45. The van der Waals surface area contributed by atoms with Gasteiger partial charge in [-0.3, -0.25) is 0 Å². The highest BCUT2D eigenvalue weighted by molar-refractivity contribution is 5.47. The second-order valence-electron chi connectivity index (χ2n) is 6.94. The summed E-state index contributed by atoms with van der Waals surface area (Å²) in [5, 5.41) is 6.12. The second kappa shape index (κ2) is 9.32. The lowest BCUT2D eigenvalue weighted by molar-refractivity contribution is 0.407. The fourth-order valence-electron chi connectivity index (χ4n) is 2.81. The van der Waals surface area contributed by atoms with Crippen LogP contribution in [0.1, 0.15) is 22.5 Å². The molecular weight excluding hydrogens is 404 g/mol. The molecule has 0 bridgehead atoms. The van der Waals surface area contributed by atoms with Crippen molar-refractivity contribution in [3.8, 4) is 17.7 Å². The first-order valence-corrected chi connectivity index (χ1v) is 9.32. The van der Waals surface area contributed by atoms with Gasteiger partial charge < -0.3 is 10.6 Å². The van der Waals surface area contributed by atoms with Crippen LogP contribution in [0.2, 0.25) is 0 Å². The molecule has 0 aliphatic heterocycles. The number of nitrogens with two attached hydrogens (primary N) is 1. The number of aromatic amines is 1. The number of pyridine rings is 2. The molecule has 8 nitrogen and oxygen atoms in total. The van der Waals surface area contributed by atoms with E-state index in [1.165, 1.54) is 6.20 Å². The number of anilines is 1. The van der Waals surface area contributed by atoms with E-state index in [1.807, 2.05) is 31.1 Å². The number of halogens is 2. The Labute approximate surface area is 177 Å². The SMILES string of the molecule is Cc1cc(C#Cc2ccc(N(C)C)nc2)cnc1-n1c(CC(CN)=C(F)F)n[nH]c1=O. The van der Waals surface area contributed by atoms with Gasteiger partial charge in [0.25, 0.3) is 6.08 Å². The van der Waals surface area contributed by atoms with Crippen LogP contribution in [0.3, 0.4) is 0 Å². The van der Waals surface area contributed by atoms with Gasteiger partial charge in [0.15, 0.2) is 0 Å². The number of nitrogens with zero attached hydrogens (tertiary/aromatic N) is 5. The Morgan fingerprint density at radius 1 is 1.19 bits per heavy atom. The van der Waals surface area contributed by atoms with Gasteiger partial charge in [0.1, 0.15) is 17.5 Å². The van der Waals surface area contributed by atoms with Crippen LogP contribution in [0, 0.1) is 18.8 Å². The van der Waals surface area contributed by atoms with E-state index in [9.17, 15) is 13.6 Å². The maximum atomic E-state index is 13.0. The van der Waals surface area contributed by atoms with Crippen molar-refractivity contribution in [2.24, 2.45) is 5.73 Å². The predicted octanol–water partition coefficient (Wildman–Crippen LogP) is 1.78. The van der Waals surface area contributed by atoms with Crippen molar-refractivity contribution in [2.75, 3.05) is 25.5 Å². The quantitative estimate of drug-likeness (QED) is 0.604. The molecule has 10 heteroatoms. The van der Waals surface area contributed by atoms with Crippen LogP contribution in [0.4, 0.5) is 14.6 Å². The van der Waals surface area contributed by atoms with Crippen molar-refractivity contribution in [1.82, 2.24) is 24.7 Å². The summed E-state index contributed by atoms with van der Waals surface area (Å²) in [5.74, 6) is 7.23. The largest absolute Gasteiger partial charge is 0.363 e. The van der Waals surface area contributed by atoms with Crippen LogP contribution >= 0.6 is 0 Å². The normalized spacial score (nSPS) is 10.4. The standard InChI is InChI=1S/C21H21F2N7O/c1-13-8-15(5-4-14-6-7-17(25-11-14)29(2)3)12-26-20(13)30-18(27-28-21(30)31)9-16(10-24)19(22)23/h6-8,11-12H,9-10,24H2,1-3H3,(H,28,31). The molecule has 3 N–H and O–H groups in total. The summed E-state index contributed by atoms with van der Waals surface area (Å²) in [6.07, 6.45) is 1.04. The second-order valence-corrected chi connectivity index (χ2v) is 6.94. The molecule has 0 aliphatic carbocycles. The molecule has 3 aromatic rings. The molecular formula is C21H21F2N7O. The van der Waals surface area contributed by atoms with Gasteiger partial charge in [-0.2, -0.15) is 13.9 Å². The lowest BCUT2D eigenvalue weighted by Crippen LogP contribution is -2.20. The van der Waals surface area contributed by atoms with Crippen molar-refractivity contribution in [2.45, 2.75) is 13.3 Å². The fraction of sp³-hybridized carbons (Fsp3) is 0.238. The van der Waals surface area contributed by atoms with Gasteiger partial charge in [-0.1, -0.05) is 11.8 Å². The van der Waals surface area contributed by atoms with E-state index >= 15 is 0 Å². The lowest BCUT2D eigenvalue weighted by Gasteiger charge is -2.09. The van der Waals surface area contributed by atoms with Crippen LogP contribution in [0.25, 0.3) is 5.82 Å². The summed E-state index contributed by atoms with van der Waals surface area (Å²) >= 11 is 0. The van der Waals surface area contributed by atoms with E-state index in [0.717, 1.165) is 15.9 Å². The molecule has 0 radical (unpaired) electrons.